The lowest BCUT2D eigenvalue weighted by molar-refractivity contribution is 0.0672. The van der Waals surface area contributed by atoms with Crippen LogP contribution in [0.1, 0.15) is 41.0 Å². The van der Waals surface area contributed by atoms with Gasteiger partial charge >= 0.3 is 0 Å². The van der Waals surface area contributed by atoms with E-state index in [-0.39, 0.29) is 11.8 Å². The molecule has 3 heterocycles. The second-order valence-corrected chi connectivity index (χ2v) is 5.45. The number of carbonyl (C=O) groups is 1. The van der Waals surface area contributed by atoms with Crippen LogP contribution in [0, 0.1) is 0 Å². The number of aromatic nitrogens is 3. The maximum Gasteiger partial charge on any atom is 0.289 e. The minimum absolute atomic E-state index is 0.0650. The Morgan fingerprint density at radius 3 is 3.27 bits per heavy atom. The molecule has 0 aliphatic carbocycles. The van der Waals surface area contributed by atoms with Gasteiger partial charge in [0, 0.05) is 32.5 Å². The molecule has 3 rings (SSSR count). The molecule has 1 aliphatic heterocycles. The molecule has 0 unspecified atom stereocenters. The van der Waals surface area contributed by atoms with Crippen molar-refractivity contribution >= 4 is 5.91 Å². The second kappa shape index (κ2) is 6.74. The van der Waals surface area contributed by atoms with Gasteiger partial charge in [0.15, 0.2) is 11.6 Å². The topological polar surface area (TPSA) is 84.2 Å². The number of hydrogen-bond acceptors (Lipinski definition) is 5. The Kier molecular flexibility index (Phi) is 4.53. The fourth-order valence-corrected chi connectivity index (χ4v) is 2.73. The standard InChI is InChI=1S/C15H20N4O3/c1-21-9-6-13-16-14(18-17-13)11-4-2-7-19(10-11)15(20)12-5-3-8-22-12/h3,5,8,11H,2,4,6-7,9-10H2,1H3,(H,16,17,18)/t11-/m1/s1. The molecular formula is C15H20N4O3. The number of ether oxygens (including phenoxy) is 1. The average Bonchev–Trinajstić information content (AvgIpc) is 3.24. The maximum absolute atomic E-state index is 12.4. The average molecular weight is 304 g/mol. The van der Waals surface area contributed by atoms with E-state index in [2.05, 4.69) is 15.2 Å². The van der Waals surface area contributed by atoms with Gasteiger partial charge in [-0.05, 0) is 25.0 Å². The minimum Gasteiger partial charge on any atom is -0.459 e. The molecule has 0 spiro atoms. The molecule has 118 valence electrons. The Balaban J connectivity index is 1.65. The first-order valence-corrected chi connectivity index (χ1v) is 7.51. The molecule has 1 aliphatic rings. The van der Waals surface area contributed by atoms with Gasteiger partial charge in [0.2, 0.25) is 0 Å². The van der Waals surface area contributed by atoms with Crippen LogP contribution in [0.25, 0.3) is 0 Å². The van der Waals surface area contributed by atoms with E-state index in [0.717, 1.165) is 31.0 Å². The molecule has 1 saturated heterocycles. The number of hydrogen-bond donors (Lipinski definition) is 1. The van der Waals surface area contributed by atoms with Gasteiger partial charge in [-0.2, -0.15) is 5.10 Å². The van der Waals surface area contributed by atoms with Crippen LogP contribution in [0.15, 0.2) is 22.8 Å². The summed E-state index contributed by atoms with van der Waals surface area (Å²) in [5, 5.41) is 7.24. The van der Waals surface area contributed by atoms with Crippen molar-refractivity contribution in [2.24, 2.45) is 0 Å². The fourth-order valence-electron chi connectivity index (χ4n) is 2.73. The van der Waals surface area contributed by atoms with Gasteiger partial charge in [-0.15, -0.1) is 0 Å². The third kappa shape index (κ3) is 3.19. The van der Waals surface area contributed by atoms with E-state index in [1.807, 2.05) is 4.90 Å². The van der Waals surface area contributed by atoms with Gasteiger partial charge in [-0.25, -0.2) is 4.98 Å². The molecule has 7 nitrogen and oxygen atoms in total. The van der Waals surface area contributed by atoms with Crippen LogP contribution < -0.4 is 0 Å². The summed E-state index contributed by atoms with van der Waals surface area (Å²) in [6.07, 6.45) is 4.17. The fraction of sp³-hybridized carbons (Fsp3) is 0.533. The van der Waals surface area contributed by atoms with Crippen LogP contribution in [-0.2, 0) is 11.2 Å². The zero-order valence-electron chi connectivity index (χ0n) is 12.6. The number of carbonyl (C=O) groups excluding carboxylic acids is 1. The molecule has 2 aromatic rings. The molecular weight excluding hydrogens is 284 g/mol. The van der Waals surface area contributed by atoms with Crippen LogP contribution in [0.2, 0.25) is 0 Å². The van der Waals surface area contributed by atoms with Crippen LogP contribution in [0.3, 0.4) is 0 Å². The van der Waals surface area contributed by atoms with Crippen molar-refractivity contribution in [3.63, 3.8) is 0 Å². The highest BCUT2D eigenvalue weighted by atomic mass is 16.5. The van der Waals surface area contributed by atoms with E-state index >= 15 is 0 Å². The molecule has 0 aromatic carbocycles. The van der Waals surface area contributed by atoms with E-state index in [9.17, 15) is 4.79 Å². The third-order valence-corrected chi connectivity index (χ3v) is 3.90. The van der Waals surface area contributed by atoms with Crippen molar-refractivity contribution in [2.45, 2.75) is 25.2 Å². The number of amides is 1. The molecule has 1 N–H and O–H groups in total. The Bertz CT molecular complexity index is 608. The highest BCUT2D eigenvalue weighted by Gasteiger charge is 2.28. The number of likely N-dealkylation sites (tertiary alicyclic amines) is 1. The Morgan fingerprint density at radius 1 is 1.59 bits per heavy atom. The number of rotatable bonds is 5. The van der Waals surface area contributed by atoms with Gasteiger partial charge in [-0.3, -0.25) is 9.89 Å². The van der Waals surface area contributed by atoms with Crippen LogP contribution in [0.5, 0.6) is 0 Å². The smallest absolute Gasteiger partial charge is 0.289 e. The molecule has 2 aromatic heterocycles. The molecule has 1 amide bonds. The summed E-state index contributed by atoms with van der Waals surface area (Å²) < 4.78 is 10.2. The predicted octanol–water partition coefficient (Wildman–Crippen LogP) is 1.61. The number of aromatic amines is 1. The van der Waals surface area contributed by atoms with Crippen molar-refractivity contribution in [2.75, 3.05) is 26.8 Å². The molecule has 1 fully saturated rings. The van der Waals surface area contributed by atoms with E-state index < -0.39 is 0 Å². The lowest BCUT2D eigenvalue weighted by atomic mass is 9.97. The minimum atomic E-state index is -0.0650. The molecule has 22 heavy (non-hydrogen) atoms. The van der Waals surface area contributed by atoms with Gasteiger partial charge in [-0.1, -0.05) is 0 Å². The lowest BCUT2D eigenvalue weighted by Gasteiger charge is -2.30. The van der Waals surface area contributed by atoms with E-state index in [4.69, 9.17) is 9.15 Å². The summed E-state index contributed by atoms with van der Waals surface area (Å²) in [5.74, 6) is 2.09. The quantitative estimate of drug-likeness (QED) is 0.907. The monoisotopic (exact) mass is 304 g/mol. The number of piperidine rings is 1. The summed E-state index contributed by atoms with van der Waals surface area (Å²) >= 11 is 0. The van der Waals surface area contributed by atoms with Gasteiger partial charge in [0.1, 0.15) is 5.82 Å². The maximum atomic E-state index is 12.4. The highest BCUT2D eigenvalue weighted by molar-refractivity contribution is 5.91. The normalized spacial score (nSPS) is 18.6. The number of furan rings is 1. The SMILES string of the molecule is COCCc1nc([C@@H]2CCCN(C(=O)c3ccco3)C2)n[nH]1. The summed E-state index contributed by atoms with van der Waals surface area (Å²) in [7, 11) is 1.66. The predicted molar refractivity (Wildman–Crippen MR) is 78.5 cm³/mol. The molecule has 1 atom stereocenters. The lowest BCUT2D eigenvalue weighted by Crippen LogP contribution is -2.39. The van der Waals surface area contributed by atoms with Crippen molar-refractivity contribution in [3.8, 4) is 0 Å². The summed E-state index contributed by atoms with van der Waals surface area (Å²) in [5.41, 5.74) is 0. The van der Waals surface area contributed by atoms with E-state index in [1.54, 1.807) is 19.2 Å². The van der Waals surface area contributed by atoms with Crippen molar-refractivity contribution < 1.29 is 13.9 Å². The van der Waals surface area contributed by atoms with Crippen molar-refractivity contribution in [1.82, 2.24) is 20.1 Å². The Morgan fingerprint density at radius 2 is 2.50 bits per heavy atom. The first-order chi connectivity index (χ1) is 10.8. The summed E-state index contributed by atoms with van der Waals surface area (Å²) in [6, 6.07) is 3.42. The zero-order chi connectivity index (χ0) is 15.4. The van der Waals surface area contributed by atoms with Crippen LogP contribution >= 0.6 is 0 Å². The third-order valence-electron chi connectivity index (χ3n) is 3.90. The highest BCUT2D eigenvalue weighted by Crippen LogP contribution is 2.25. The van der Waals surface area contributed by atoms with E-state index in [0.29, 0.717) is 25.3 Å². The van der Waals surface area contributed by atoms with Crippen molar-refractivity contribution in [1.29, 1.82) is 0 Å². The molecule has 0 bridgehead atoms. The largest absolute Gasteiger partial charge is 0.459 e. The Labute approximate surface area is 128 Å². The Hall–Kier alpha value is -2.15. The van der Waals surface area contributed by atoms with Crippen molar-refractivity contribution in [3.05, 3.63) is 35.8 Å². The number of methoxy groups -OCH3 is 1. The van der Waals surface area contributed by atoms with Gasteiger partial charge in [0.05, 0.1) is 12.9 Å². The first-order valence-electron chi connectivity index (χ1n) is 7.51. The number of H-pyrrole nitrogens is 1. The molecule has 7 heteroatoms. The van der Waals surface area contributed by atoms with Gasteiger partial charge < -0.3 is 14.1 Å². The number of nitrogens with one attached hydrogen (secondary N) is 1. The second-order valence-electron chi connectivity index (χ2n) is 5.45. The van der Waals surface area contributed by atoms with Crippen LogP contribution in [0.4, 0.5) is 0 Å². The van der Waals surface area contributed by atoms with Gasteiger partial charge in [0.25, 0.3) is 5.91 Å². The first kappa shape index (κ1) is 14.8. The van der Waals surface area contributed by atoms with E-state index in [1.165, 1.54) is 6.26 Å². The number of nitrogens with zero attached hydrogens (tertiary/aromatic N) is 3. The van der Waals surface area contributed by atoms with Crippen LogP contribution in [-0.4, -0.2) is 52.8 Å². The summed E-state index contributed by atoms with van der Waals surface area (Å²) in [6.45, 7) is 1.99. The summed E-state index contributed by atoms with van der Waals surface area (Å²) in [4.78, 5) is 18.7. The molecule has 0 radical (unpaired) electrons. The molecule has 0 saturated carbocycles. The zero-order valence-corrected chi connectivity index (χ0v) is 12.6.